The van der Waals surface area contributed by atoms with E-state index < -0.39 is 11.7 Å². The summed E-state index contributed by atoms with van der Waals surface area (Å²) in [5.74, 6) is -0.173. The minimum atomic E-state index is -0.595. The van der Waals surface area contributed by atoms with Crippen molar-refractivity contribution in [2.75, 3.05) is 6.54 Å². The summed E-state index contributed by atoms with van der Waals surface area (Å²) in [7, 11) is 0. The number of Topliss-reactive ketones (excluding diaryl/α,β-unsaturated/α-hetero) is 1. The van der Waals surface area contributed by atoms with E-state index in [1.54, 1.807) is 39.0 Å². The van der Waals surface area contributed by atoms with Gasteiger partial charge in [-0.25, -0.2) is 4.79 Å². The third-order valence-corrected chi connectivity index (χ3v) is 2.66. The third kappa shape index (κ3) is 4.87. The van der Waals surface area contributed by atoms with Crippen LogP contribution in [0.4, 0.5) is 4.79 Å². The lowest BCUT2D eigenvalue weighted by Gasteiger charge is -2.19. The molecule has 98 valence electrons. The number of carbonyl (C=O) groups excluding carboxylic acids is 2. The fourth-order valence-corrected chi connectivity index (χ4v) is 1.76. The highest BCUT2D eigenvalue weighted by Gasteiger charge is 2.17. The van der Waals surface area contributed by atoms with E-state index in [0.717, 1.165) is 0 Å². The van der Waals surface area contributed by atoms with Crippen LogP contribution in [0.2, 0.25) is 0 Å². The summed E-state index contributed by atoms with van der Waals surface area (Å²) in [6.07, 6.45) is -0.595. The lowest BCUT2D eigenvalue weighted by Crippen LogP contribution is -2.35. The predicted molar refractivity (Wildman–Crippen MR) is 72.7 cm³/mol. The number of nitrogens with one attached hydrogen (secondary N) is 1. The van der Waals surface area contributed by atoms with Crippen molar-refractivity contribution < 1.29 is 14.3 Å². The van der Waals surface area contributed by atoms with Crippen molar-refractivity contribution in [3.8, 4) is 0 Å². The molecule has 1 aromatic rings. The van der Waals surface area contributed by atoms with Crippen molar-refractivity contribution in [3.63, 3.8) is 0 Å². The molecule has 0 fully saturated rings. The molecule has 0 bridgehead atoms. The Bertz CT molecular complexity index is 452. The number of halogens is 1. The predicted octanol–water partition coefficient (Wildman–Crippen LogP) is 3.16. The number of amides is 1. The zero-order valence-electron chi connectivity index (χ0n) is 10.6. The average molecular weight is 314 g/mol. The number of carbonyl (C=O) groups is 2. The van der Waals surface area contributed by atoms with Crippen LogP contribution >= 0.6 is 15.9 Å². The van der Waals surface area contributed by atoms with Gasteiger partial charge in [0.15, 0.2) is 5.78 Å². The summed E-state index contributed by atoms with van der Waals surface area (Å²) < 4.78 is 5.75. The first-order valence-corrected chi connectivity index (χ1v) is 6.33. The van der Waals surface area contributed by atoms with E-state index >= 15 is 0 Å². The molecule has 0 spiro atoms. The van der Waals surface area contributed by atoms with E-state index in [1.165, 1.54) is 0 Å². The number of ether oxygens (including phenoxy) is 1. The topological polar surface area (TPSA) is 55.4 Å². The molecule has 1 amide bonds. The maximum Gasteiger partial charge on any atom is 0.408 e. The summed E-state index contributed by atoms with van der Waals surface area (Å²) in [5.41, 5.74) is -0.0333. The first-order valence-electron chi connectivity index (χ1n) is 5.54. The molecular weight excluding hydrogens is 298 g/mol. The van der Waals surface area contributed by atoms with Gasteiger partial charge in [0.2, 0.25) is 0 Å². The van der Waals surface area contributed by atoms with Gasteiger partial charge in [-0.1, -0.05) is 34.1 Å². The molecule has 0 aliphatic rings. The second-order valence-corrected chi connectivity index (χ2v) is 5.61. The Morgan fingerprint density at radius 3 is 2.44 bits per heavy atom. The SMILES string of the molecule is CC(C)(C)OC(=O)NCC(=O)c1ccccc1Br. The molecule has 0 radical (unpaired) electrons. The molecule has 0 saturated carbocycles. The van der Waals surface area contributed by atoms with Crippen molar-refractivity contribution in [1.82, 2.24) is 5.32 Å². The average Bonchev–Trinajstić information content (AvgIpc) is 2.24. The van der Waals surface area contributed by atoms with Gasteiger partial charge in [-0.15, -0.1) is 0 Å². The monoisotopic (exact) mass is 313 g/mol. The highest BCUT2D eigenvalue weighted by Crippen LogP contribution is 2.16. The maximum absolute atomic E-state index is 11.8. The third-order valence-electron chi connectivity index (χ3n) is 1.97. The molecular formula is C13H16BrNO3. The second-order valence-electron chi connectivity index (χ2n) is 4.76. The zero-order valence-corrected chi connectivity index (χ0v) is 12.2. The Morgan fingerprint density at radius 2 is 1.89 bits per heavy atom. The van der Waals surface area contributed by atoms with Gasteiger partial charge in [-0.2, -0.15) is 0 Å². The summed E-state index contributed by atoms with van der Waals surface area (Å²) in [6.45, 7) is 5.21. The lowest BCUT2D eigenvalue weighted by atomic mass is 10.1. The van der Waals surface area contributed by atoms with Gasteiger partial charge in [0.25, 0.3) is 0 Å². The molecule has 1 N–H and O–H groups in total. The van der Waals surface area contributed by atoms with E-state index in [2.05, 4.69) is 21.2 Å². The van der Waals surface area contributed by atoms with E-state index in [4.69, 9.17) is 4.74 Å². The minimum absolute atomic E-state index is 0.0858. The van der Waals surface area contributed by atoms with Crippen molar-refractivity contribution in [2.24, 2.45) is 0 Å². The smallest absolute Gasteiger partial charge is 0.408 e. The normalized spacial score (nSPS) is 10.9. The van der Waals surface area contributed by atoms with Crippen LogP contribution in [0, 0.1) is 0 Å². The highest BCUT2D eigenvalue weighted by molar-refractivity contribution is 9.10. The van der Waals surface area contributed by atoms with Crippen LogP contribution in [0.5, 0.6) is 0 Å². The zero-order chi connectivity index (χ0) is 13.8. The molecule has 0 aromatic heterocycles. The molecule has 0 saturated heterocycles. The molecule has 18 heavy (non-hydrogen) atoms. The van der Waals surface area contributed by atoms with Gasteiger partial charge >= 0.3 is 6.09 Å². The summed E-state index contributed by atoms with van der Waals surface area (Å²) in [6, 6.07) is 7.07. The van der Waals surface area contributed by atoms with Crippen molar-refractivity contribution in [2.45, 2.75) is 26.4 Å². The first-order chi connectivity index (χ1) is 8.29. The van der Waals surface area contributed by atoms with Crippen LogP contribution in [0.1, 0.15) is 31.1 Å². The summed E-state index contributed by atoms with van der Waals surface area (Å²) in [5, 5.41) is 2.43. The number of ketones is 1. The lowest BCUT2D eigenvalue weighted by molar-refractivity contribution is 0.0520. The van der Waals surface area contributed by atoms with E-state index in [0.29, 0.717) is 10.0 Å². The first kappa shape index (κ1) is 14.7. The van der Waals surface area contributed by atoms with Crippen LogP contribution in [0.15, 0.2) is 28.7 Å². The standard InChI is InChI=1S/C13H16BrNO3/c1-13(2,3)18-12(17)15-8-11(16)9-6-4-5-7-10(9)14/h4-7H,8H2,1-3H3,(H,15,17). The number of alkyl carbamates (subject to hydrolysis) is 1. The number of hydrogen-bond acceptors (Lipinski definition) is 3. The molecule has 1 aromatic carbocycles. The molecule has 5 heteroatoms. The van der Waals surface area contributed by atoms with E-state index in [-0.39, 0.29) is 12.3 Å². The van der Waals surface area contributed by atoms with Crippen molar-refractivity contribution in [3.05, 3.63) is 34.3 Å². The fourth-order valence-electron chi connectivity index (χ4n) is 1.25. The van der Waals surface area contributed by atoms with Gasteiger partial charge < -0.3 is 10.1 Å². The molecule has 0 heterocycles. The van der Waals surface area contributed by atoms with Crippen LogP contribution in [0.25, 0.3) is 0 Å². The summed E-state index contributed by atoms with van der Waals surface area (Å²) in [4.78, 5) is 23.2. The number of benzene rings is 1. The van der Waals surface area contributed by atoms with Gasteiger partial charge in [0, 0.05) is 10.0 Å². The highest BCUT2D eigenvalue weighted by atomic mass is 79.9. The van der Waals surface area contributed by atoms with Gasteiger partial charge in [-0.05, 0) is 26.8 Å². The largest absolute Gasteiger partial charge is 0.444 e. The van der Waals surface area contributed by atoms with Crippen molar-refractivity contribution in [1.29, 1.82) is 0 Å². The molecule has 4 nitrogen and oxygen atoms in total. The molecule has 0 aliphatic carbocycles. The van der Waals surface area contributed by atoms with Crippen LogP contribution in [-0.2, 0) is 4.74 Å². The fraction of sp³-hybridized carbons (Fsp3) is 0.385. The van der Waals surface area contributed by atoms with Gasteiger partial charge in [0.1, 0.15) is 5.60 Å². The van der Waals surface area contributed by atoms with E-state index in [9.17, 15) is 9.59 Å². The Kier molecular flexibility index (Phi) is 4.90. The number of hydrogen-bond donors (Lipinski definition) is 1. The Labute approximate surface area is 115 Å². The van der Waals surface area contributed by atoms with Crippen LogP contribution in [0.3, 0.4) is 0 Å². The molecule has 0 unspecified atom stereocenters. The number of rotatable bonds is 3. The molecule has 0 aliphatic heterocycles. The maximum atomic E-state index is 11.8. The quantitative estimate of drug-likeness (QED) is 0.872. The Morgan fingerprint density at radius 1 is 1.28 bits per heavy atom. The van der Waals surface area contributed by atoms with E-state index in [1.807, 2.05) is 6.07 Å². The molecule has 0 atom stereocenters. The van der Waals surface area contributed by atoms with Gasteiger partial charge in [0.05, 0.1) is 6.54 Å². The Balaban J connectivity index is 2.52. The van der Waals surface area contributed by atoms with Crippen molar-refractivity contribution >= 4 is 27.8 Å². The van der Waals surface area contributed by atoms with Gasteiger partial charge in [-0.3, -0.25) is 4.79 Å². The molecule has 1 rings (SSSR count). The van der Waals surface area contributed by atoms with Crippen LogP contribution in [-0.4, -0.2) is 24.0 Å². The summed E-state index contributed by atoms with van der Waals surface area (Å²) >= 11 is 3.29. The van der Waals surface area contributed by atoms with Crippen LogP contribution < -0.4 is 5.32 Å². The minimum Gasteiger partial charge on any atom is -0.444 e. The Hall–Kier alpha value is -1.36. The second kappa shape index (κ2) is 6.00.